The lowest BCUT2D eigenvalue weighted by molar-refractivity contribution is 0.362. The van der Waals surface area contributed by atoms with Gasteiger partial charge in [0.2, 0.25) is 11.9 Å². The maximum absolute atomic E-state index is 5.50. The first-order valence-corrected chi connectivity index (χ1v) is 8.33. The lowest BCUT2D eigenvalue weighted by Crippen LogP contribution is -2.54. The SMILES string of the molecule is C/N=C\C1=C2N=C(SC)N=C(NCc3cnc(N)nc3)N2C1C. The summed E-state index contributed by atoms with van der Waals surface area (Å²) in [4.78, 5) is 23.3. The van der Waals surface area contributed by atoms with Crippen LogP contribution in [0.5, 0.6) is 0 Å². The lowest BCUT2D eigenvalue weighted by Gasteiger charge is -2.43. The molecule has 23 heavy (non-hydrogen) atoms. The number of nitrogen functional groups attached to an aromatic ring is 1. The number of hydrogen-bond donors (Lipinski definition) is 2. The molecule has 1 aromatic heterocycles. The summed E-state index contributed by atoms with van der Waals surface area (Å²) >= 11 is 1.51. The van der Waals surface area contributed by atoms with Gasteiger partial charge in [-0.25, -0.2) is 15.0 Å². The van der Waals surface area contributed by atoms with E-state index < -0.39 is 0 Å². The number of hydrogen-bond acceptors (Lipinski definition) is 9. The minimum absolute atomic E-state index is 0.190. The van der Waals surface area contributed by atoms with Crippen LogP contribution in [0, 0.1) is 0 Å². The van der Waals surface area contributed by atoms with E-state index in [4.69, 9.17) is 5.73 Å². The molecule has 3 rings (SSSR count). The van der Waals surface area contributed by atoms with Crippen LogP contribution in [0.2, 0.25) is 0 Å². The summed E-state index contributed by atoms with van der Waals surface area (Å²) in [5.41, 5.74) is 7.55. The number of rotatable bonds is 3. The molecule has 9 heteroatoms. The van der Waals surface area contributed by atoms with Gasteiger partial charge in [-0.15, -0.1) is 0 Å². The first-order chi connectivity index (χ1) is 11.1. The monoisotopic (exact) mass is 330 g/mol. The number of anilines is 1. The lowest BCUT2D eigenvalue weighted by atomic mass is 10.00. The molecule has 0 bridgehead atoms. The van der Waals surface area contributed by atoms with Crippen LogP contribution in [0.25, 0.3) is 0 Å². The van der Waals surface area contributed by atoms with Gasteiger partial charge in [0.1, 0.15) is 5.82 Å². The highest BCUT2D eigenvalue weighted by atomic mass is 32.2. The topological polar surface area (TPSA) is 104 Å². The van der Waals surface area contributed by atoms with Crippen LogP contribution in [0.15, 0.2) is 38.8 Å². The van der Waals surface area contributed by atoms with Gasteiger partial charge in [0, 0.05) is 43.3 Å². The first kappa shape index (κ1) is 15.5. The Labute approximate surface area is 138 Å². The Bertz CT molecular complexity index is 719. The van der Waals surface area contributed by atoms with E-state index in [1.165, 1.54) is 11.8 Å². The predicted octanol–water partition coefficient (Wildman–Crippen LogP) is 0.853. The largest absolute Gasteiger partial charge is 0.368 e. The smallest absolute Gasteiger partial charge is 0.219 e. The summed E-state index contributed by atoms with van der Waals surface area (Å²) in [6, 6.07) is 0.190. The van der Waals surface area contributed by atoms with Gasteiger partial charge in [0.25, 0.3) is 0 Å². The number of aromatic nitrogens is 2. The molecular weight excluding hydrogens is 312 g/mol. The number of fused-ring (bicyclic) bond motifs is 1. The Kier molecular flexibility index (Phi) is 4.28. The maximum Gasteiger partial charge on any atom is 0.219 e. The van der Waals surface area contributed by atoms with E-state index in [0.717, 1.165) is 28.1 Å². The molecule has 0 saturated carbocycles. The number of guanidine groups is 1. The van der Waals surface area contributed by atoms with Crippen molar-refractivity contribution in [2.45, 2.75) is 19.5 Å². The third-order valence-electron chi connectivity index (χ3n) is 3.58. The fourth-order valence-corrected chi connectivity index (χ4v) is 2.76. The molecule has 120 valence electrons. The molecule has 0 saturated heterocycles. The normalized spacial score (nSPS) is 20.1. The zero-order chi connectivity index (χ0) is 16.4. The minimum atomic E-state index is 0.190. The van der Waals surface area contributed by atoms with Gasteiger partial charge in [-0.1, -0.05) is 11.8 Å². The minimum Gasteiger partial charge on any atom is -0.368 e. The first-order valence-electron chi connectivity index (χ1n) is 7.11. The highest BCUT2D eigenvalue weighted by Crippen LogP contribution is 2.34. The number of nitrogens with two attached hydrogens (primary N) is 1. The van der Waals surface area contributed by atoms with Crippen molar-refractivity contribution in [3.05, 3.63) is 29.4 Å². The van der Waals surface area contributed by atoms with E-state index in [-0.39, 0.29) is 12.0 Å². The average Bonchev–Trinajstić information content (AvgIpc) is 2.58. The summed E-state index contributed by atoms with van der Waals surface area (Å²) in [7, 11) is 1.76. The molecule has 0 aromatic carbocycles. The van der Waals surface area contributed by atoms with Crippen LogP contribution < -0.4 is 11.1 Å². The molecule has 3 heterocycles. The summed E-state index contributed by atoms with van der Waals surface area (Å²) in [6.45, 7) is 2.66. The van der Waals surface area contributed by atoms with Gasteiger partial charge >= 0.3 is 0 Å². The number of aliphatic imine (C=N–C) groups is 3. The van der Waals surface area contributed by atoms with Crippen molar-refractivity contribution in [3.8, 4) is 0 Å². The molecule has 0 amide bonds. The van der Waals surface area contributed by atoms with E-state index >= 15 is 0 Å². The van der Waals surface area contributed by atoms with Crippen LogP contribution in [0.4, 0.5) is 5.95 Å². The second-order valence-corrected chi connectivity index (χ2v) is 5.82. The molecule has 0 fully saturated rings. The van der Waals surface area contributed by atoms with Crippen LogP contribution in [0.1, 0.15) is 12.5 Å². The van der Waals surface area contributed by atoms with Gasteiger partial charge in [-0.2, -0.15) is 4.99 Å². The van der Waals surface area contributed by atoms with Crippen LogP contribution in [0.3, 0.4) is 0 Å². The Morgan fingerprint density at radius 2 is 2.13 bits per heavy atom. The van der Waals surface area contributed by atoms with Crippen molar-refractivity contribution in [1.29, 1.82) is 0 Å². The van der Waals surface area contributed by atoms with Gasteiger partial charge in [-0.05, 0) is 13.2 Å². The van der Waals surface area contributed by atoms with Crippen LogP contribution >= 0.6 is 11.8 Å². The molecule has 1 unspecified atom stereocenters. The molecule has 1 atom stereocenters. The van der Waals surface area contributed by atoms with Crippen molar-refractivity contribution < 1.29 is 0 Å². The zero-order valence-corrected chi connectivity index (χ0v) is 14.0. The Hall–Kier alpha value is -2.42. The summed E-state index contributed by atoms with van der Waals surface area (Å²) in [5.74, 6) is 1.95. The number of nitrogens with zero attached hydrogens (tertiary/aromatic N) is 6. The molecular formula is C14H18N8S. The molecule has 2 aliphatic rings. The van der Waals surface area contributed by atoms with Gasteiger partial charge in [-0.3, -0.25) is 9.89 Å². The highest BCUT2D eigenvalue weighted by molar-refractivity contribution is 8.13. The fraction of sp³-hybridized carbons (Fsp3) is 0.357. The molecule has 3 N–H and O–H groups in total. The number of nitrogens with one attached hydrogen (secondary N) is 1. The Morgan fingerprint density at radius 3 is 2.78 bits per heavy atom. The summed E-state index contributed by atoms with van der Waals surface area (Å²) < 4.78 is 0. The van der Waals surface area contributed by atoms with Gasteiger partial charge in [0.05, 0.1) is 6.04 Å². The van der Waals surface area contributed by atoms with Crippen LogP contribution in [-0.2, 0) is 6.54 Å². The third kappa shape index (κ3) is 2.91. The fourth-order valence-electron chi connectivity index (χ4n) is 2.40. The summed E-state index contributed by atoms with van der Waals surface area (Å²) in [5, 5.41) is 4.05. The van der Waals surface area contributed by atoms with Crippen molar-refractivity contribution in [2.24, 2.45) is 15.0 Å². The average molecular weight is 330 g/mol. The molecule has 0 spiro atoms. The molecule has 8 nitrogen and oxygen atoms in total. The predicted molar refractivity (Wildman–Crippen MR) is 94.4 cm³/mol. The molecule has 2 aliphatic heterocycles. The van der Waals surface area contributed by atoms with E-state index in [2.05, 4.69) is 42.1 Å². The Morgan fingerprint density at radius 1 is 1.39 bits per heavy atom. The zero-order valence-electron chi connectivity index (χ0n) is 13.2. The van der Waals surface area contributed by atoms with E-state index in [1.54, 1.807) is 19.4 Å². The van der Waals surface area contributed by atoms with Crippen molar-refractivity contribution in [2.75, 3.05) is 19.0 Å². The van der Waals surface area contributed by atoms with Gasteiger partial charge in [0.15, 0.2) is 5.17 Å². The standard InChI is InChI=1S/C14H18N8S/c1-8-10(7-16-2)11-20-14(23-3)21-13(22(8)11)19-6-9-4-17-12(15)18-5-9/h4-5,7-8H,6H2,1-3H3,(H2,15,17,18)(H,19,20,21)/b16-7-. The van der Waals surface area contributed by atoms with E-state index in [0.29, 0.717) is 6.54 Å². The van der Waals surface area contributed by atoms with Gasteiger partial charge < -0.3 is 11.1 Å². The van der Waals surface area contributed by atoms with E-state index in [9.17, 15) is 0 Å². The Balaban J connectivity index is 1.80. The molecule has 1 aromatic rings. The highest BCUT2D eigenvalue weighted by Gasteiger charge is 2.39. The van der Waals surface area contributed by atoms with Crippen LogP contribution in [-0.4, -0.2) is 51.6 Å². The molecule has 0 aliphatic carbocycles. The molecule has 0 radical (unpaired) electrons. The van der Waals surface area contributed by atoms with Crippen molar-refractivity contribution in [1.82, 2.24) is 20.2 Å². The van der Waals surface area contributed by atoms with Crippen molar-refractivity contribution in [3.63, 3.8) is 0 Å². The summed E-state index contributed by atoms with van der Waals surface area (Å²) in [6.07, 6.45) is 7.22. The maximum atomic E-state index is 5.50. The second-order valence-electron chi connectivity index (χ2n) is 5.05. The van der Waals surface area contributed by atoms with Crippen molar-refractivity contribution >= 4 is 35.1 Å². The number of amidine groups is 1. The quantitative estimate of drug-likeness (QED) is 0.796. The number of thioether (sulfide) groups is 1. The second kappa shape index (κ2) is 6.37. The van der Waals surface area contributed by atoms with E-state index in [1.807, 2.05) is 12.5 Å². The third-order valence-corrected chi connectivity index (χ3v) is 4.13.